The van der Waals surface area contributed by atoms with Gasteiger partial charge in [-0.15, -0.1) is 0 Å². The van der Waals surface area contributed by atoms with E-state index in [-0.39, 0.29) is 22.5 Å². The van der Waals surface area contributed by atoms with E-state index in [1.807, 2.05) is 0 Å². The van der Waals surface area contributed by atoms with Gasteiger partial charge < -0.3 is 13.3 Å². The van der Waals surface area contributed by atoms with Crippen molar-refractivity contribution in [2.75, 3.05) is 0 Å². The Morgan fingerprint density at radius 3 is 2.85 bits per heavy atom. The first-order valence-corrected chi connectivity index (χ1v) is 4.65. The van der Waals surface area contributed by atoms with E-state index in [0.717, 1.165) is 0 Å². The third kappa shape index (κ3) is 1.11. The summed E-state index contributed by atoms with van der Waals surface area (Å²) in [5.74, 6) is -0.214. The number of aromatic hydroxyl groups is 1. The van der Waals surface area contributed by atoms with Crippen LogP contribution in [0.25, 0.3) is 11.2 Å². The molecule has 0 atom stereocenters. The lowest BCUT2D eigenvalue weighted by atomic mass is 10.2. The van der Waals surface area contributed by atoms with Gasteiger partial charge in [-0.1, -0.05) is 0 Å². The fourth-order valence-electron chi connectivity index (χ4n) is 1.06. The van der Waals surface area contributed by atoms with Crippen LogP contribution in [0.15, 0.2) is 20.3 Å². The van der Waals surface area contributed by atoms with Crippen LogP contribution < -0.4 is 0 Å². The summed E-state index contributed by atoms with van der Waals surface area (Å²) in [6, 6.07) is 2.68. The second kappa shape index (κ2) is 2.66. The van der Waals surface area contributed by atoms with Crippen molar-refractivity contribution in [3.05, 3.63) is 17.7 Å². The average molecular weight is 196 g/mol. The third-order valence-electron chi connectivity index (χ3n) is 1.63. The van der Waals surface area contributed by atoms with Crippen molar-refractivity contribution in [3.63, 3.8) is 0 Å². The molecule has 2 rings (SSSR count). The average Bonchev–Trinajstić information content (AvgIpc) is 2.45. The standard InChI is InChI=1S/C7H4O5Si/c8-3-4-5(9)1-2-6-7(4)12-13(10)11-6/h1-3,9H. The highest BCUT2D eigenvalue weighted by Crippen LogP contribution is 2.25. The first-order chi connectivity index (χ1) is 6.22. The monoisotopic (exact) mass is 196 g/mol. The summed E-state index contributed by atoms with van der Waals surface area (Å²) in [5.41, 5.74) is 0.246. The molecule has 5 nitrogen and oxygen atoms in total. The molecule has 0 radical (unpaired) electrons. The summed E-state index contributed by atoms with van der Waals surface area (Å²) in [7, 11) is -2.58. The molecular weight excluding hydrogens is 192 g/mol. The van der Waals surface area contributed by atoms with E-state index in [0.29, 0.717) is 6.29 Å². The molecule has 0 aliphatic heterocycles. The number of fused-ring (bicyclic) bond motifs is 1. The molecule has 1 heterocycles. The number of phenols is 1. The van der Waals surface area contributed by atoms with Crippen molar-refractivity contribution in [1.82, 2.24) is 0 Å². The number of hydrogen-bond donors (Lipinski definition) is 1. The largest absolute Gasteiger partial charge is 0.778 e. The van der Waals surface area contributed by atoms with Gasteiger partial charge in [0.2, 0.25) is 0 Å². The summed E-state index contributed by atoms with van der Waals surface area (Å²) in [6.45, 7) is 0. The lowest BCUT2D eigenvalue weighted by Crippen LogP contribution is -1.81. The fraction of sp³-hybridized carbons (Fsp3) is 0. The highest BCUT2D eigenvalue weighted by molar-refractivity contribution is 6.18. The minimum Gasteiger partial charge on any atom is -0.507 e. The van der Waals surface area contributed by atoms with Crippen LogP contribution in [-0.4, -0.2) is 20.2 Å². The molecule has 0 amide bonds. The van der Waals surface area contributed by atoms with Gasteiger partial charge in [-0.2, -0.15) is 0 Å². The Bertz CT molecular complexity index is 523. The Labute approximate surface area is 73.1 Å². The van der Waals surface area contributed by atoms with Crippen LogP contribution >= 0.6 is 0 Å². The molecule has 1 N–H and O–H groups in total. The molecule has 0 aliphatic carbocycles. The van der Waals surface area contributed by atoms with Crippen LogP contribution in [0.2, 0.25) is 0 Å². The molecule has 0 unspecified atom stereocenters. The van der Waals surface area contributed by atoms with E-state index in [1.165, 1.54) is 12.1 Å². The number of carbonyl (C=O) groups is 1. The first kappa shape index (κ1) is 7.93. The predicted octanol–water partition coefficient (Wildman–Crippen LogP) is 1.04. The van der Waals surface area contributed by atoms with Gasteiger partial charge in [-0.3, -0.25) is 9.26 Å². The van der Waals surface area contributed by atoms with Crippen molar-refractivity contribution in [2.24, 2.45) is 0 Å². The molecule has 0 spiro atoms. The number of phenolic OH excluding ortho intramolecular Hbond substituents is 1. The molecule has 66 valence electrons. The van der Waals surface area contributed by atoms with E-state index in [1.54, 1.807) is 0 Å². The zero-order valence-electron chi connectivity index (χ0n) is 6.31. The van der Waals surface area contributed by atoms with E-state index in [2.05, 4.69) is 0 Å². The maximum absolute atomic E-state index is 10.8. The molecule has 0 aliphatic rings. The smallest absolute Gasteiger partial charge is 0.507 e. The predicted molar refractivity (Wildman–Crippen MR) is 42.0 cm³/mol. The SMILES string of the molecule is O=Cc1c(O)ccc2o[si](=O)oc12. The van der Waals surface area contributed by atoms with E-state index in [9.17, 15) is 14.4 Å². The van der Waals surface area contributed by atoms with Crippen LogP contribution in [0.1, 0.15) is 10.4 Å². The fourth-order valence-corrected chi connectivity index (χ4v) is 1.82. The van der Waals surface area contributed by atoms with Gasteiger partial charge in [0, 0.05) is 0 Å². The number of hydrogen-bond acceptors (Lipinski definition) is 5. The zero-order chi connectivity index (χ0) is 9.42. The van der Waals surface area contributed by atoms with Gasteiger partial charge in [-0.05, 0) is 12.1 Å². The molecule has 2 aromatic rings. The van der Waals surface area contributed by atoms with Crippen molar-refractivity contribution in [3.8, 4) is 5.75 Å². The van der Waals surface area contributed by atoms with Crippen LogP contribution in [0.3, 0.4) is 0 Å². The quantitative estimate of drug-likeness (QED) is 0.544. The molecule has 1 aromatic carbocycles. The molecule has 0 fully saturated rings. The van der Waals surface area contributed by atoms with Crippen LogP contribution in [0.5, 0.6) is 5.75 Å². The van der Waals surface area contributed by atoms with Gasteiger partial charge >= 0.3 is 8.80 Å². The Morgan fingerprint density at radius 1 is 1.38 bits per heavy atom. The number of benzene rings is 1. The lowest BCUT2D eigenvalue weighted by molar-refractivity contribution is 0.112. The molecule has 13 heavy (non-hydrogen) atoms. The molecule has 1 aromatic heterocycles. The van der Waals surface area contributed by atoms with Crippen molar-refractivity contribution < 1.29 is 22.6 Å². The van der Waals surface area contributed by atoms with Crippen LogP contribution in [0.4, 0.5) is 0 Å². The molecule has 0 saturated carbocycles. The summed E-state index contributed by atoms with van der Waals surface area (Å²) < 4.78 is 20.3. The number of rotatable bonds is 1. The minimum absolute atomic E-state index is 0.0339. The number of carbonyl (C=O) groups excluding carboxylic acids is 1. The zero-order valence-corrected chi connectivity index (χ0v) is 7.31. The van der Waals surface area contributed by atoms with Gasteiger partial charge in [0.1, 0.15) is 11.3 Å². The molecular formula is C7H4O5Si. The Morgan fingerprint density at radius 2 is 2.15 bits per heavy atom. The summed E-state index contributed by atoms with van der Waals surface area (Å²) in [6.07, 6.45) is 0.429. The minimum atomic E-state index is -2.58. The van der Waals surface area contributed by atoms with Gasteiger partial charge in [0.15, 0.2) is 17.5 Å². The Hall–Kier alpha value is -1.69. The van der Waals surface area contributed by atoms with Crippen molar-refractivity contribution in [2.45, 2.75) is 0 Å². The summed E-state index contributed by atoms with van der Waals surface area (Å²) >= 11 is 0. The highest BCUT2D eigenvalue weighted by atomic mass is 28.2. The second-order valence-corrected chi connectivity index (χ2v) is 3.31. The van der Waals surface area contributed by atoms with Crippen molar-refractivity contribution >= 4 is 26.2 Å². The van der Waals surface area contributed by atoms with Crippen molar-refractivity contribution in [1.29, 1.82) is 0 Å². The summed E-state index contributed by atoms with van der Waals surface area (Å²) in [4.78, 5) is 10.5. The molecule has 6 heteroatoms. The lowest BCUT2D eigenvalue weighted by Gasteiger charge is -1.94. The van der Waals surface area contributed by atoms with E-state index < -0.39 is 8.80 Å². The Balaban J connectivity index is 2.98. The summed E-state index contributed by atoms with van der Waals surface area (Å²) in [5, 5.41) is 9.20. The van der Waals surface area contributed by atoms with Gasteiger partial charge in [0.25, 0.3) is 0 Å². The Kier molecular flexibility index (Phi) is 1.63. The normalized spacial score (nSPS) is 10.5. The van der Waals surface area contributed by atoms with Gasteiger partial charge in [0.05, 0.1) is 0 Å². The topological polar surface area (TPSA) is 80.6 Å². The maximum atomic E-state index is 10.8. The van der Waals surface area contributed by atoms with Crippen LogP contribution in [0, 0.1) is 0 Å². The molecule has 0 saturated heterocycles. The maximum Gasteiger partial charge on any atom is 0.778 e. The first-order valence-electron chi connectivity index (χ1n) is 3.43. The third-order valence-corrected chi connectivity index (χ3v) is 2.39. The second-order valence-electron chi connectivity index (χ2n) is 2.40. The molecule has 0 bridgehead atoms. The van der Waals surface area contributed by atoms with Crippen LogP contribution in [-0.2, 0) is 4.46 Å². The number of aldehydes is 1. The van der Waals surface area contributed by atoms with Gasteiger partial charge in [-0.25, -0.2) is 0 Å². The highest BCUT2D eigenvalue weighted by Gasteiger charge is 2.13. The van der Waals surface area contributed by atoms with E-state index in [4.69, 9.17) is 8.19 Å². The van der Waals surface area contributed by atoms with E-state index >= 15 is 0 Å².